The number of anilines is 1. The molecule has 9 heteroatoms. The van der Waals surface area contributed by atoms with Gasteiger partial charge >= 0.3 is 12.1 Å². The van der Waals surface area contributed by atoms with E-state index in [-0.39, 0.29) is 18.4 Å². The Balaban J connectivity index is 2.25. The van der Waals surface area contributed by atoms with E-state index in [0.29, 0.717) is 0 Å². The summed E-state index contributed by atoms with van der Waals surface area (Å²) < 4.78 is 43.4. The Hall–Kier alpha value is -2.06. The maximum Gasteiger partial charge on any atom is 0.394 e. The van der Waals surface area contributed by atoms with Crippen LogP contribution in [0.3, 0.4) is 0 Å². The molecule has 0 spiro atoms. The molecule has 0 radical (unpaired) electrons. The SMILES string of the molecule is COc1ccnc(N2C[C@@H](C(F)(F)F)[C@H](C(=O)O)C2)n1. The van der Waals surface area contributed by atoms with E-state index in [0.717, 1.165) is 0 Å². The van der Waals surface area contributed by atoms with E-state index in [2.05, 4.69) is 9.97 Å². The van der Waals surface area contributed by atoms with E-state index in [1.54, 1.807) is 0 Å². The van der Waals surface area contributed by atoms with Gasteiger partial charge in [-0.1, -0.05) is 0 Å². The van der Waals surface area contributed by atoms with Crippen LogP contribution in [-0.4, -0.2) is 47.4 Å². The standard InChI is InChI=1S/C11H12F3N3O3/c1-20-8-2-3-15-10(16-8)17-4-6(9(18)19)7(5-17)11(12,13)14/h2-3,6-7H,4-5H2,1H3,(H,18,19)/t6-,7-/m1/s1. The van der Waals surface area contributed by atoms with Crippen LogP contribution in [0, 0.1) is 11.8 Å². The fourth-order valence-electron chi connectivity index (χ4n) is 2.15. The average molecular weight is 291 g/mol. The van der Waals surface area contributed by atoms with Crippen molar-refractivity contribution < 1.29 is 27.8 Å². The average Bonchev–Trinajstić information content (AvgIpc) is 2.84. The fourth-order valence-corrected chi connectivity index (χ4v) is 2.15. The summed E-state index contributed by atoms with van der Waals surface area (Å²) in [5, 5.41) is 8.92. The summed E-state index contributed by atoms with van der Waals surface area (Å²) in [4.78, 5) is 19.9. The summed E-state index contributed by atoms with van der Waals surface area (Å²) in [6.45, 7) is -0.764. The topological polar surface area (TPSA) is 75.5 Å². The van der Waals surface area contributed by atoms with Gasteiger partial charge in [0.25, 0.3) is 0 Å². The number of hydrogen-bond acceptors (Lipinski definition) is 5. The Bertz CT molecular complexity index is 509. The molecule has 1 aliphatic heterocycles. The number of carboxylic acid groups (broad SMARTS) is 1. The molecule has 0 bridgehead atoms. The summed E-state index contributed by atoms with van der Waals surface area (Å²) in [6, 6.07) is 1.45. The molecular weight excluding hydrogens is 279 g/mol. The van der Waals surface area contributed by atoms with Gasteiger partial charge in [-0.3, -0.25) is 4.79 Å². The fraction of sp³-hybridized carbons (Fsp3) is 0.545. The van der Waals surface area contributed by atoms with Crippen LogP contribution in [0.15, 0.2) is 12.3 Å². The minimum Gasteiger partial charge on any atom is -0.481 e. The number of nitrogens with zero attached hydrogens (tertiary/aromatic N) is 3. The summed E-state index contributed by atoms with van der Waals surface area (Å²) in [5.74, 6) is -4.70. The molecule has 6 nitrogen and oxygen atoms in total. The van der Waals surface area contributed by atoms with Crippen LogP contribution in [-0.2, 0) is 4.79 Å². The Morgan fingerprint density at radius 2 is 2.20 bits per heavy atom. The highest BCUT2D eigenvalue weighted by Gasteiger charge is 2.53. The second kappa shape index (κ2) is 5.14. The molecule has 20 heavy (non-hydrogen) atoms. The predicted molar refractivity (Wildman–Crippen MR) is 61.5 cm³/mol. The van der Waals surface area contributed by atoms with Crippen molar-refractivity contribution in [2.45, 2.75) is 6.18 Å². The molecule has 2 heterocycles. The number of carbonyl (C=O) groups is 1. The zero-order valence-corrected chi connectivity index (χ0v) is 10.5. The minimum atomic E-state index is -4.57. The number of rotatable bonds is 3. The van der Waals surface area contributed by atoms with Crippen LogP contribution >= 0.6 is 0 Å². The molecule has 0 aromatic carbocycles. The monoisotopic (exact) mass is 291 g/mol. The number of methoxy groups -OCH3 is 1. The van der Waals surface area contributed by atoms with Crippen molar-refractivity contribution in [2.24, 2.45) is 11.8 Å². The highest BCUT2D eigenvalue weighted by molar-refractivity contribution is 5.72. The number of carboxylic acids is 1. The molecule has 1 N–H and O–H groups in total. The molecule has 1 fully saturated rings. The summed E-state index contributed by atoms with van der Waals surface area (Å²) in [7, 11) is 1.37. The quantitative estimate of drug-likeness (QED) is 0.901. The van der Waals surface area contributed by atoms with Gasteiger partial charge in [0.1, 0.15) is 0 Å². The summed E-state index contributed by atoms with van der Waals surface area (Å²) in [5.41, 5.74) is 0. The largest absolute Gasteiger partial charge is 0.481 e. The van der Waals surface area contributed by atoms with Gasteiger partial charge in [-0.15, -0.1) is 0 Å². The van der Waals surface area contributed by atoms with Gasteiger partial charge in [0.15, 0.2) is 0 Å². The van der Waals surface area contributed by atoms with Crippen molar-refractivity contribution in [1.82, 2.24) is 9.97 Å². The molecule has 110 valence electrons. The Labute approximate surface area is 112 Å². The Morgan fingerprint density at radius 1 is 1.50 bits per heavy atom. The van der Waals surface area contributed by atoms with E-state index in [1.807, 2.05) is 0 Å². The lowest BCUT2D eigenvalue weighted by Gasteiger charge is -2.18. The van der Waals surface area contributed by atoms with Gasteiger partial charge in [-0.05, 0) is 0 Å². The van der Waals surface area contributed by atoms with Gasteiger partial charge in [0.05, 0.1) is 18.9 Å². The number of alkyl halides is 3. The number of aliphatic carboxylic acids is 1. The zero-order chi connectivity index (χ0) is 14.9. The summed E-state index contributed by atoms with van der Waals surface area (Å²) in [6.07, 6.45) is -3.23. The predicted octanol–water partition coefficient (Wildman–Crippen LogP) is 1.18. The van der Waals surface area contributed by atoms with Crippen LogP contribution < -0.4 is 9.64 Å². The van der Waals surface area contributed by atoms with Crippen molar-refractivity contribution >= 4 is 11.9 Å². The molecule has 2 rings (SSSR count). The number of ether oxygens (including phenoxy) is 1. The van der Waals surface area contributed by atoms with E-state index in [9.17, 15) is 18.0 Å². The second-order valence-electron chi connectivity index (χ2n) is 4.40. The van der Waals surface area contributed by atoms with E-state index >= 15 is 0 Å². The van der Waals surface area contributed by atoms with Crippen molar-refractivity contribution in [3.8, 4) is 5.88 Å². The van der Waals surface area contributed by atoms with Crippen LogP contribution in [0.4, 0.5) is 19.1 Å². The first-order chi connectivity index (χ1) is 9.32. The minimum absolute atomic E-state index is 0.0300. The van der Waals surface area contributed by atoms with Gasteiger partial charge in [0.2, 0.25) is 11.8 Å². The maximum absolute atomic E-state index is 12.9. The molecule has 0 amide bonds. The van der Waals surface area contributed by atoms with Gasteiger partial charge < -0.3 is 14.7 Å². The van der Waals surface area contributed by atoms with Crippen LogP contribution in [0.5, 0.6) is 5.88 Å². The Kier molecular flexibility index (Phi) is 3.69. The lowest BCUT2D eigenvalue weighted by molar-refractivity contribution is -0.187. The zero-order valence-electron chi connectivity index (χ0n) is 10.5. The molecule has 2 atom stereocenters. The Morgan fingerprint density at radius 3 is 2.70 bits per heavy atom. The molecule has 0 unspecified atom stereocenters. The molecule has 1 aromatic rings. The highest BCUT2D eigenvalue weighted by atomic mass is 19.4. The molecule has 1 saturated heterocycles. The third-order valence-corrected chi connectivity index (χ3v) is 3.17. The highest BCUT2D eigenvalue weighted by Crippen LogP contribution is 2.38. The van der Waals surface area contributed by atoms with Gasteiger partial charge in [-0.2, -0.15) is 18.2 Å². The van der Waals surface area contributed by atoms with Crippen molar-refractivity contribution in [2.75, 3.05) is 25.1 Å². The van der Waals surface area contributed by atoms with E-state index in [1.165, 1.54) is 24.3 Å². The van der Waals surface area contributed by atoms with E-state index in [4.69, 9.17) is 9.84 Å². The molecule has 1 aliphatic rings. The number of halogens is 3. The number of hydrogen-bond donors (Lipinski definition) is 1. The van der Waals surface area contributed by atoms with Crippen molar-refractivity contribution in [1.29, 1.82) is 0 Å². The molecular formula is C11H12F3N3O3. The first kappa shape index (κ1) is 14.4. The van der Waals surface area contributed by atoms with Crippen LogP contribution in [0.1, 0.15) is 0 Å². The van der Waals surface area contributed by atoms with Crippen molar-refractivity contribution in [3.05, 3.63) is 12.3 Å². The van der Waals surface area contributed by atoms with E-state index < -0.39 is 30.5 Å². The third kappa shape index (κ3) is 2.75. The number of aromatic nitrogens is 2. The van der Waals surface area contributed by atoms with Crippen LogP contribution in [0.25, 0.3) is 0 Å². The van der Waals surface area contributed by atoms with Crippen molar-refractivity contribution in [3.63, 3.8) is 0 Å². The second-order valence-corrected chi connectivity index (χ2v) is 4.40. The van der Waals surface area contributed by atoms with Gasteiger partial charge in [0, 0.05) is 25.4 Å². The van der Waals surface area contributed by atoms with Crippen LogP contribution in [0.2, 0.25) is 0 Å². The molecule has 1 aromatic heterocycles. The normalized spacial score (nSPS) is 22.9. The summed E-state index contributed by atoms with van der Waals surface area (Å²) >= 11 is 0. The smallest absolute Gasteiger partial charge is 0.394 e. The first-order valence-electron chi connectivity index (χ1n) is 5.74. The molecule has 0 saturated carbocycles. The lowest BCUT2D eigenvalue weighted by Crippen LogP contribution is -2.33. The first-order valence-corrected chi connectivity index (χ1v) is 5.74. The lowest BCUT2D eigenvalue weighted by atomic mass is 9.96. The maximum atomic E-state index is 12.9. The third-order valence-electron chi connectivity index (χ3n) is 3.17. The van der Waals surface area contributed by atoms with Gasteiger partial charge in [-0.25, -0.2) is 4.98 Å². The molecule has 0 aliphatic carbocycles.